The van der Waals surface area contributed by atoms with E-state index in [1.54, 1.807) is 6.92 Å². The van der Waals surface area contributed by atoms with E-state index in [1.807, 2.05) is 20.8 Å². The third-order valence-corrected chi connectivity index (χ3v) is 2.15. The van der Waals surface area contributed by atoms with Crippen LogP contribution in [0.25, 0.3) is 0 Å². The van der Waals surface area contributed by atoms with E-state index >= 15 is 0 Å². The van der Waals surface area contributed by atoms with Gasteiger partial charge in [-0.2, -0.15) is 0 Å². The minimum absolute atomic E-state index is 0.125. The highest BCUT2D eigenvalue weighted by atomic mass is 35.5. The second-order valence-corrected chi connectivity index (χ2v) is 5.17. The molecule has 0 N–H and O–H groups in total. The number of esters is 2. The number of alkyl halides is 1. The molecule has 5 heteroatoms. The van der Waals surface area contributed by atoms with Crippen molar-refractivity contribution in [2.45, 2.75) is 52.6 Å². The molecule has 17 heavy (non-hydrogen) atoms. The van der Waals surface area contributed by atoms with Crippen LogP contribution >= 0.6 is 11.6 Å². The summed E-state index contributed by atoms with van der Waals surface area (Å²) in [7, 11) is 0. The van der Waals surface area contributed by atoms with Gasteiger partial charge in [0.1, 0.15) is 5.60 Å². The fraction of sp³-hybridized carbons (Fsp3) is 0.833. The molecule has 0 aromatic rings. The zero-order valence-corrected chi connectivity index (χ0v) is 11.7. The SMILES string of the molecule is CC(CCCC(=O)OCCl)C(=O)OC(C)(C)C. The summed E-state index contributed by atoms with van der Waals surface area (Å²) >= 11 is 5.24. The summed E-state index contributed by atoms with van der Waals surface area (Å²) in [6.07, 6.45) is 1.47. The lowest BCUT2D eigenvalue weighted by Crippen LogP contribution is -2.27. The number of halogens is 1. The second kappa shape index (κ2) is 7.54. The number of ether oxygens (including phenoxy) is 2. The Kier molecular flexibility index (Phi) is 7.19. The van der Waals surface area contributed by atoms with Crippen LogP contribution < -0.4 is 0 Å². The topological polar surface area (TPSA) is 52.6 Å². The van der Waals surface area contributed by atoms with Gasteiger partial charge in [0, 0.05) is 6.42 Å². The molecule has 0 aliphatic carbocycles. The van der Waals surface area contributed by atoms with E-state index in [2.05, 4.69) is 4.74 Å². The van der Waals surface area contributed by atoms with Gasteiger partial charge >= 0.3 is 11.9 Å². The predicted octanol–water partition coefficient (Wildman–Crippen LogP) is 2.87. The fourth-order valence-electron chi connectivity index (χ4n) is 1.21. The first-order chi connectivity index (χ1) is 7.76. The third kappa shape index (κ3) is 8.98. The Hall–Kier alpha value is -0.770. The first kappa shape index (κ1) is 16.2. The predicted molar refractivity (Wildman–Crippen MR) is 65.7 cm³/mol. The smallest absolute Gasteiger partial charge is 0.309 e. The quantitative estimate of drug-likeness (QED) is 0.547. The Morgan fingerprint density at radius 2 is 1.88 bits per heavy atom. The summed E-state index contributed by atoms with van der Waals surface area (Å²) in [5.74, 6) is -0.780. The Bertz CT molecular complexity index is 258. The van der Waals surface area contributed by atoms with E-state index in [0.717, 1.165) is 0 Å². The molecule has 0 saturated carbocycles. The zero-order valence-electron chi connectivity index (χ0n) is 10.9. The van der Waals surface area contributed by atoms with Crippen LogP contribution in [0, 0.1) is 5.92 Å². The van der Waals surface area contributed by atoms with Crippen molar-refractivity contribution in [1.29, 1.82) is 0 Å². The van der Waals surface area contributed by atoms with Gasteiger partial charge in [-0.1, -0.05) is 18.5 Å². The van der Waals surface area contributed by atoms with Gasteiger partial charge < -0.3 is 9.47 Å². The van der Waals surface area contributed by atoms with Crippen molar-refractivity contribution in [3.05, 3.63) is 0 Å². The van der Waals surface area contributed by atoms with Crippen molar-refractivity contribution in [2.24, 2.45) is 5.92 Å². The molecular weight excluding hydrogens is 244 g/mol. The minimum atomic E-state index is -0.469. The van der Waals surface area contributed by atoms with Gasteiger partial charge in [-0.15, -0.1) is 0 Å². The van der Waals surface area contributed by atoms with Gasteiger partial charge in [0.2, 0.25) is 0 Å². The summed E-state index contributed by atoms with van der Waals surface area (Å²) in [5, 5.41) is 0. The van der Waals surface area contributed by atoms with E-state index < -0.39 is 5.60 Å². The zero-order chi connectivity index (χ0) is 13.5. The number of hydrogen-bond acceptors (Lipinski definition) is 4. The molecule has 0 spiro atoms. The van der Waals surface area contributed by atoms with Gasteiger partial charge in [-0.25, -0.2) is 0 Å². The van der Waals surface area contributed by atoms with E-state index in [9.17, 15) is 9.59 Å². The van der Waals surface area contributed by atoms with Gasteiger partial charge in [0.25, 0.3) is 0 Å². The Balaban J connectivity index is 3.82. The van der Waals surface area contributed by atoms with Crippen molar-refractivity contribution < 1.29 is 19.1 Å². The van der Waals surface area contributed by atoms with Crippen LogP contribution in [0.3, 0.4) is 0 Å². The minimum Gasteiger partial charge on any atom is -0.460 e. The molecule has 1 atom stereocenters. The van der Waals surface area contributed by atoms with E-state index in [-0.39, 0.29) is 30.3 Å². The molecule has 100 valence electrons. The highest BCUT2D eigenvalue weighted by molar-refractivity contribution is 6.17. The maximum atomic E-state index is 11.6. The molecular formula is C12H21ClO4. The van der Waals surface area contributed by atoms with Gasteiger partial charge in [0.05, 0.1) is 5.92 Å². The molecule has 0 bridgehead atoms. The first-order valence-corrected chi connectivity index (χ1v) is 6.24. The number of carbonyl (C=O) groups is 2. The van der Waals surface area contributed by atoms with Crippen molar-refractivity contribution in [3.8, 4) is 0 Å². The third-order valence-electron chi connectivity index (χ3n) is 2.04. The highest BCUT2D eigenvalue weighted by Crippen LogP contribution is 2.15. The van der Waals surface area contributed by atoms with E-state index in [4.69, 9.17) is 16.3 Å². The highest BCUT2D eigenvalue weighted by Gasteiger charge is 2.21. The molecule has 0 saturated heterocycles. The lowest BCUT2D eigenvalue weighted by Gasteiger charge is -2.22. The van der Waals surface area contributed by atoms with Crippen molar-refractivity contribution in [1.82, 2.24) is 0 Å². The van der Waals surface area contributed by atoms with Crippen LogP contribution in [0.15, 0.2) is 0 Å². The molecule has 0 rings (SSSR count). The van der Waals surface area contributed by atoms with Crippen LogP contribution in [0.5, 0.6) is 0 Å². The summed E-state index contributed by atoms with van der Waals surface area (Å²) in [4.78, 5) is 22.6. The summed E-state index contributed by atoms with van der Waals surface area (Å²) < 4.78 is 9.80. The first-order valence-electron chi connectivity index (χ1n) is 5.70. The molecule has 0 fully saturated rings. The van der Waals surface area contributed by atoms with Crippen molar-refractivity contribution in [3.63, 3.8) is 0 Å². The average Bonchev–Trinajstić information content (AvgIpc) is 2.15. The summed E-state index contributed by atoms with van der Waals surface area (Å²) in [6.45, 7) is 7.28. The second-order valence-electron chi connectivity index (χ2n) is 4.95. The van der Waals surface area contributed by atoms with Crippen LogP contribution in [0.2, 0.25) is 0 Å². The molecule has 1 unspecified atom stereocenters. The van der Waals surface area contributed by atoms with Crippen molar-refractivity contribution in [2.75, 3.05) is 6.07 Å². The lowest BCUT2D eigenvalue weighted by molar-refractivity contribution is -0.159. The summed E-state index contributed by atoms with van der Waals surface area (Å²) in [6, 6.07) is -0.125. The molecule has 0 aliphatic rings. The molecule has 0 aromatic heterocycles. The fourth-order valence-corrected chi connectivity index (χ4v) is 1.33. The molecule has 0 radical (unpaired) electrons. The standard InChI is InChI=1S/C12H21ClO4/c1-9(11(15)17-12(2,3)4)6-5-7-10(14)16-8-13/h9H,5-8H2,1-4H3. The maximum Gasteiger partial charge on any atom is 0.309 e. The number of hydrogen-bond donors (Lipinski definition) is 0. The van der Waals surface area contributed by atoms with Gasteiger partial charge in [-0.3, -0.25) is 9.59 Å². The summed E-state index contributed by atoms with van der Waals surface area (Å²) in [5.41, 5.74) is -0.469. The Morgan fingerprint density at radius 1 is 1.29 bits per heavy atom. The molecule has 4 nitrogen and oxygen atoms in total. The lowest BCUT2D eigenvalue weighted by atomic mass is 10.0. The Labute approximate surface area is 108 Å². The van der Waals surface area contributed by atoms with E-state index in [0.29, 0.717) is 12.8 Å². The molecule has 0 aliphatic heterocycles. The average molecular weight is 265 g/mol. The number of rotatable bonds is 6. The van der Waals surface area contributed by atoms with Gasteiger partial charge in [0.15, 0.2) is 6.07 Å². The van der Waals surface area contributed by atoms with Crippen molar-refractivity contribution >= 4 is 23.5 Å². The normalized spacial score (nSPS) is 13.0. The van der Waals surface area contributed by atoms with Crippen LogP contribution in [0.4, 0.5) is 0 Å². The molecule has 0 aromatic carbocycles. The maximum absolute atomic E-state index is 11.6. The molecule has 0 amide bonds. The van der Waals surface area contributed by atoms with Crippen LogP contribution in [-0.2, 0) is 19.1 Å². The van der Waals surface area contributed by atoms with E-state index in [1.165, 1.54) is 0 Å². The van der Waals surface area contributed by atoms with Crippen LogP contribution in [0.1, 0.15) is 47.0 Å². The van der Waals surface area contributed by atoms with Gasteiger partial charge in [-0.05, 0) is 33.6 Å². The monoisotopic (exact) mass is 264 g/mol. The Morgan fingerprint density at radius 3 is 2.35 bits per heavy atom. The largest absolute Gasteiger partial charge is 0.460 e. The molecule has 0 heterocycles. The van der Waals surface area contributed by atoms with Crippen LogP contribution in [-0.4, -0.2) is 23.6 Å². The number of carbonyl (C=O) groups excluding carboxylic acids is 2.